The van der Waals surface area contributed by atoms with Crippen LogP contribution >= 0.6 is 0 Å². The Morgan fingerprint density at radius 1 is 1.13 bits per heavy atom. The van der Waals surface area contributed by atoms with E-state index in [-0.39, 0.29) is 22.0 Å². The number of nitrogens with one attached hydrogen (secondary N) is 1. The van der Waals surface area contributed by atoms with Crippen LogP contribution in [0.4, 0.5) is 0 Å². The van der Waals surface area contributed by atoms with Crippen molar-refractivity contribution in [3.63, 3.8) is 0 Å². The predicted octanol–water partition coefficient (Wildman–Crippen LogP) is 2.17. The number of hydrogen-bond donors (Lipinski definition) is 1. The third-order valence-corrected chi connectivity index (χ3v) is 5.01. The number of methoxy groups -OCH3 is 2. The fraction of sp³-hybridized carbons (Fsp3) is 0.182. The summed E-state index contributed by atoms with van der Waals surface area (Å²) in [7, 11) is 2.86. The maximum absolute atomic E-state index is 13.0. The lowest BCUT2D eigenvalue weighted by Crippen LogP contribution is -2.31. The van der Waals surface area contributed by atoms with Gasteiger partial charge in [-0.05, 0) is 42.3 Å². The molecule has 3 aromatic heterocycles. The van der Waals surface area contributed by atoms with Crippen LogP contribution in [-0.4, -0.2) is 34.1 Å². The molecule has 0 radical (unpaired) electrons. The van der Waals surface area contributed by atoms with Gasteiger partial charge >= 0.3 is 5.97 Å². The number of nitrogens with zero attached hydrogens (tertiary/aromatic N) is 3. The van der Waals surface area contributed by atoms with Crippen LogP contribution in [0.3, 0.4) is 0 Å². The first-order valence-corrected chi connectivity index (χ1v) is 9.34. The van der Waals surface area contributed by atoms with E-state index >= 15 is 0 Å². The lowest BCUT2D eigenvalue weighted by atomic mass is 10.1. The molecule has 0 unspecified atom stereocenters. The first-order valence-electron chi connectivity index (χ1n) is 9.34. The van der Waals surface area contributed by atoms with E-state index in [1.165, 1.54) is 17.6 Å². The van der Waals surface area contributed by atoms with Crippen LogP contribution in [0.5, 0.6) is 5.75 Å². The Labute approximate surface area is 171 Å². The molecule has 1 aromatic carbocycles. The highest BCUT2D eigenvalue weighted by Gasteiger charge is 2.17. The van der Waals surface area contributed by atoms with Gasteiger partial charge in [0.1, 0.15) is 28.1 Å². The van der Waals surface area contributed by atoms with E-state index in [0.717, 1.165) is 11.3 Å². The number of hydrogen-bond acceptors (Lipinski definition) is 6. The van der Waals surface area contributed by atoms with Crippen LogP contribution < -0.4 is 15.8 Å². The number of fused-ring (bicyclic) bond motifs is 2. The van der Waals surface area contributed by atoms with Gasteiger partial charge in [-0.2, -0.15) is 0 Å². The number of esters is 1. The summed E-state index contributed by atoms with van der Waals surface area (Å²) in [6.07, 6.45) is 2.20. The summed E-state index contributed by atoms with van der Waals surface area (Å²) in [5, 5.41) is 8.82. The Balaban J connectivity index is 1.90. The molecule has 0 aliphatic rings. The van der Waals surface area contributed by atoms with Crippen molar-refractivity contribution in [2.75, 3.05) is 14.2 Å². The van der Waals surface area contributed by atoms with E-state index in [2.05, 4.69) is 4.98 Å². The van der Waals surface area contributed by atoms with Gasteiger partial charge in [0, 0.05) is 12.7 Å². The molecular formula is C22H20N4O4. The van der Waals surface area contributed by atoms with Crippen molar-refractivity contribution in [2.24, 2.45) is 0 Å². The number of carbonyl (C=O) groups excluding carboxylic acids is 1. The Bertz CT molecular complexity index is 1370. The van der Waals surface area contributed by atoms with E-state index in [1.54, 1.807) is 36.1 Å². The molecule has 3 heterocycles. The number of pyridine rings is 2. The van der Waals surface area contributed by atoms with E-state index in [9.17, 15) is 9.59 Å². The lowest BCUT2D eigenvalue weighted by molar-refractivity contribution is 0.0597. The Morgan fingerprint density at radius 2 is 1.90 bits per heavy atom. The maximum Gasteiger partial charge on any atom is 0.341 e. The van der Waals surface area contributed by atoms with Gasteiger partial charge in [-0.25, -0.2) is 9.78 Å². The zero-order valence-corrected chi connectivity index (χ0v) is 16.6. The Kier molecular flexibility index (Phi) is 5.05. The topological polar surface area (TPSA) is 98.7 Å². The molecule has 0 bridgehead atoms. The molecule has 0 aliphatic carbocycles. The molecule has 0 saturated heterocycles. The fourth-order valence-corrected chi connectivity index (χ4v) is 3.40. The zero-order valence-electron chi connectivity index (χ0n) is 16.6. The summed E-state index contributed by atoms with van der Waals surface area (Å²) in [5.41, 5.74) is 1.52. The van der Waals surface area contributed by atoms with Crippen LogP contribution in [0.2, 0.25) is 0 Å². The van der Waals surface area contributed by atoms with Crippen LogP contribution in [0.25, 0.3) is 16.7 Å². The monoisotopic (exact) mass is 404 g/mol. The fourth-order valence-electron chi connectivity index (χ4n) is 3.40. The van der Waals surface area contributed by atoms with Crippen molar-refractivity contribution in [1.29, 1.82) is 5.41 Å². The standard InChI is InChI=1S/C22H20N4O4/c1-29-15-8-6-14(7-9-15)10-12-26-19(23)16(22(28)30-2)13-17-20(26)24-18-5-3-4-11-25(18)21(17)27/h3-9,11,13,23H,10,12H2,1-2H3. The molecule has 4 aromatic rings. The Hall–Kier alpha value is -3.94. The van der Waals surface area contributed by atoms with Crippen LogP contribution in [0.1, 0.15) is 15.9 Å². The highest BCUT2D eigenvalue weighted by Crippen LogP contribution is 2.14. The van der Waals surface area contributed by atoms with Crippen molar-refractivity contribution >= 4 is 22.6 Å². The summed E-state index contributed by atoms with van der Waals surface area (Å²) in [6.45, 7) is 0.363. The minimum atomic E-state index is -0.669. The van der Waals surface area contributed by atoms with Crippen molar-refractivity contribution in [2.45, 2.75) is 13.0 Å². The minimum Gasteiger partial charge on any atom is -0.497 e. The average molecular weight is 404 g/mol. The molecule has 1 N–H and O–H groups in total. The van der Waals surface area contributed by atoms with Crippen molar-refractivity contribution < 1.29 is 14.3 Å². The molecule has 0 atom stereocenters. The smallest absolute Gasteiger partial charge is 0.341 e. The van der Waals surface area contributed by atoms with Crippen LogP contribution in [0.15, 0.2) is 59.5 Å². The number of aromatic nitrogens is 3. The number of ether oxygens (including phenoxy) is 2. The van der Waals surface area contributed by atoms with Gasteiger partial charge in [0.2, 0.25) is 0 Å². The largest absolute Gasteiger partial charge is 0.497 e. The molecular weight excluding hydrogens is 384 g/mol. The second-order valence-corrected chi connectivity index (χ2v) is 6.73. The van der Waals surface area contributed by atoms with E-state index in [0.29, 0.717) is 24.3 Å². The summed E-state index contributed by atoms with van der Waals surface area (Å²) in [4.78, 5) is 29.9. The number of rotatable bonds is 5. The molecule has 30 heavy (non-hydrogen) atoms. The van der Waals surface area contributed by atoms with Gasteiger partial charge in [-0.15, -0.1) is 0 Å². The van der Waals surface area contributed by atoms with Crippen LogP contribution in [0, 0.1) is 5.41 Å². The van der Waals surface area contributed by atoms with Crippen molar-refractivity contribution in [3.8, 4) is 5.75 Å². The molecule has 8 nitrogen and oxygen atoms in total. The van der Waals surface area contributed by atoms with Crippen molar-refractivity contribution in [1.82, 2.24) is 14.0 Å². The van der Waals surface area contributed by atoms with E-state index < -0.39 is 5.97 Å². The number of benzene rings is 1. The van der Waals surface area contributed by atoms with E-state index in [1.807, 2.05) is 24.3 Å². The second-order valence-electron chi connectivity index (χ2n) is 6.73. The zero-order chi connectivity index (χ0) is 21.3. The molecule has 152 valence electrons. The molecule has 0 saturated carbocycles. The molecule has 4 rings (SSSR count). The number of aryl methyl sites for hydroxylation is 2. The van der Waals surface area contributed by atoms with Crippen LogP contribution in [-0.2, 0) is 17.7 Å². The third kappa shape index (κ3) is 3.32. The van der Waals surface area contributed by atoms with Gasteiger partial charge in [-0.3, -0.25) is 14.6 Å². The minimum absolute atomic E-state index is 0.0227. The predicted molar refractivity (Wildman–Crippen MR) is 111 cm³/mol. The maximum atomic E-state index is 13.0. The summed E-state index contributed by atoms with van der Waals surface area (Å²) >= 11 is 0. The first kappa shape index (κ1) is 19.4. The first-order chi connectivity index (χ1) is 14.5. The highest BCUT2D eigenvalue weighted by atomic mass is 16.5. The van der Waals surface area contributed by atoms with Gasteiger partial charge in [-0.1, -0.05) is 18.2 Å². The van der Waals surface area contributed by atoms with Gasteiger partial charge in [0.25, 0.3) is 5.56 Å². The molecule has 8 heteroatoms. The average Bonchev–Trinajstić information content (AvgIpc) is 2.78. The molecule has 0 amide bonds. The number of carbonyl (C=O) groups is 1. The van der Waals surface area contributed by atoms with Gasteiger partial charge in [0.15, 0.2) is 0 Å². The highest BCUT2D eigenvalue weighted by molar-refractivity contribution is 5.93. The normalized spacial score (nSPS) is 11.0. The molecule has 0 aliphatic heterocycles. The third-order valence-electron chi connectivity index (χ3n) is 5.01. The van der Waals surface area contributed by atoms with Gasteiger partial charge < -0.3 is 14.0 Å². The summed E-state index contributed by atoms with van der Waals surface area (Å²) in [5.74, 6) is 0.0875. The lowest BCUT2D eigenvalue weighted by Gasteiger charge is -2.14. The SMILES string of the molecule is COC(=O)c1cc2c(=O)n3ccccc3nc2n(CCc2ccc(OC)cc2)c1=N. The summed E-state index contributed by atoms with van der Waals surface area (Å²) in [6, 6.07) is 14.2. The van der Waals surface area contributed by atoms with E-state index in [4.69, 9.17) is 14.9 Å². The molecule has 0 fully saturated rings. The summed E-state index contributed by atoms with van der Waals surface area (Å²) < 4.78 is 13.0. The van der Waals surface area contributed by atoms with Gasteiger partial charge in [0.05, 0.1) is 19.6 Å². The Morgan fingerprint density at radius 3 is 2.60 bits per heavy atom. The van der Waals surface area contributed by atoms with Crippen molar-refractivity contribution in [3.05, 3.63) is 81.7 Å². The quantitative estimate of drug-likeness (QED) is 0.406. The second kappa shape index (κ2) is 7.82. The molecule has 0 spiro atoms.